The van der Waals surface area contributed by atoms with Gasteiger partial charge >= 0.3 is 12.1 Å². The highest BCUT2D eigenvalue weighted by Gasteiger charge is 2.33. The van der Waals surface area contributed by atoms with Crippen LogP contribution in [0.1, 0.15) is 16.7 Å². The maximum absolute atomic E-state index is 13.6. The van der Waals surface area contributed by atoms with Crippen LogP contribution in [0.5, 0.6) is 5.75 Å². The third-order valence-electron chi connectivity index (χ3n) is 4.40. The van der Waals surface area contributed by atoms with Crippen LogP contribution in [0.2, 0.25) is 0 Å². The minimum Gasteiger partial charge on any atom is -0.482 e. The molecule has 0 unspecified atom stereocenters. The van der Waals surface area contributed by atoms with Crippen LogP contribution in [-0.4, -0.2) is 23.4 Å². The second kappa shape index (κ2) is 10.7. The predicted octanol–water partition coefficient (Wildman–Crippen LogP) is 7.16. The summed E-state index contributed by atoms with van der Waals surface area (Å²) in [6.45, 7) is -0.444. The maximum Gasteiger partial charge on any atom is 0.417 e. The Balaban J connectivity index is 1.87. The fourth-order valence-corrected chi connectivity index (χ4v) is 4.51. The monoisotopic (exact) mass is 522 g/mol. The van der Waals surface area contributed by atoms with Crippen molar-refractivity contribution in [2.24, 2.45) is 0 Å². The number of carboxylic acids is 1. The number of thioether (sulfide) groups is 1. The highest BCUT2D eigenvalue weighted by Crippen LogP contribution is 2.38. The third kappa shape index (κ3) is 6.40. The van der Waals surface area contributed by atoms with Crippen molar-refractivity contribution in [1.82, 2.24) is 0 Å². The molecule has 3 nitrogen and oxygen atoms in total. The largest absolute Gasteiger partial charge is 0.482 e. The van der Waals surface area contributed by atoms with Gasteiger partial charge in [-0.1, -0.05) is 54.6 Å². The Morgan fingerprint density at radius 2 is 1.72 bits per heavy atom. The summed E-state index contributed by atoms with van der Waals surface area (Å²) in [4.78, 5) is 11.5. The van der Waals surface area contributed by atoms with Crippen molar-refractivity contribution in [2.45, 2.75) is 11.1 Å². The molecule has 3 aromatic carbocycles. The number of carboxylic acid groups (broad SMARTS) is 1. The molecule has 0 aromatic heterocycles. The van der Waals surface area contributed by atoms with Gasteiger partial charge in [0.05, 0.1) is 5.56 Å². The molecule has 0 aliphatic heterocycles. The van der Waals surface area contributed by atoms with E-state index in [4.69, 9.17) is 9.84 Å². The van der Waals surface area contributed by atoms with Gasteiger partial charge in [0.1, 0.15) is 5.75 Å². The fourth-order valence-electron chi connectivity index (χ4n) is 3.01. The Morgan fingerprint density at radius 3 is 2.38 bits per heavy atom. The molecule has 3 aromatic rings. The highest BCUT2D eigenvalue weighted by atomic mass is 79.9. The van der Waals surface area contributed by atoms with E-state index in [1.165, 1.54) is 23.9 Å². The molecule has 8 heteroatoms. The van der Waals surface area contributed by atoms with Crippen LogP contribution in [0.4, 0.5) is 13.2 Å². The first kappa shape index (κ1) is 23.9. The van der Waals surface area contributed by atoms with Gasteiger partial charge in [0, 0.05) is 15.1 Å². The Bertz CT molecular complexity index is 1110. The smallest absolute Gasteiger partial charge is 0.417 e. The van der Waals surface area contributed by atoms with E-state index in [2.05, 4.69) is 15.9 Å². The Kier molecular flexibility index (Phi) is 8.04. The molecule has 0 atom stereocenters. The number of benzene rings is 3. The molecule has 0 aliphatic carbocycles. The number of ether oxygens (including phenoxy) is 1. The Labute approximate surface area is 196 Å². The van der Waals surface area contributed by atoms with Gasteiger partial charge in [-0.3, -0.25) is 0 Å². The molecule has 0 fully saturated rings. The summed E-state index contributed by atoms with van der Waals surface area (Å²) in [7, 11) is 0. The topological polar surface area (TPSA) is 46.5 Å². The summed E-state index contributed by atoms with van der Waals surface area (Å²) >= 11 is 4.87. The lowest BCUT2D eigenvalue weighted by atomic mass is 9.93. The van der Waals surface area contributed by atoms with Gasteiger partial charge in [-0.15, -0.1) is 11.8 Å². The number of halogens is 4. The van der Waals surface area contributed by atoms with Crippen molar-refractivity contribution in [3.63, 3.8) is 0 Å². The van der Waals surface area contributed by atoms with E-state index >= 15 is 0 Å². The SMILES string of the molecule is O=C(O)COc1ccc(SCC=C(c2ccccc2)c2ccccc2C(F)(F)F)c(Br)c1. The maximum atomic E-state index is 13.6. The molecule has 1 N–H and O–H groups in total. The lowest BCUT2D eigenvalue weighted by molar-refractivity contribution is -0.139. The number of aliphatic carboxylic acids is 1. The van der Waals surface area contributed by atoms with Gasteiger partial charge in [0.2, 0.25) is 0 Å². The summed E-state index contributed by atoms with van der Waals surface area (Å²) in [5, 5.41) is 8.71. The molecular formula is C24H18BrF3O3S. The van der Waals surface area contributed by atoms with Crippen molar-refractivity contribution >= 4 is 39.2 Å². The molecule has 166 valence electrons. The molecular weight excluding hydrogens is 505 g/mol. The molecule has 0 amide bonds. The van der Waals surface area contributed by atoms with E-state index in [0.29, 0.717) is 27.1 Å². The summed E-state index contributed by atoms with van der Waals surface area (Å²) in [5.74, 6) is -0.245. The first-order valence-corrected chi connectivity index (χ1v) is 11.2. The summed E-state index contributed by atoms with van der Waals surface area (Å²) < 4.78 is 46.7. The molecule has 0 aliphatic rings. The molecule has 0 saturated carbocycles. The fraction of sp³-hybridized carbons (Fsp3) is 0.125. The predicted molar refractivity (Wildman–Crippen MR) is 123 cm³/mol. The zero-order valence-electron chi connectivity index (χ0n) is 16.6. The molecule has 3 rings (SSSR count). The first-order valence-electron chi connectivity index (χ1n) is 9.45. The normalized spacial score (nSPS) is 11.9. The standard InChI is InChI=1S/C24H18BrF3O3S/c25-21-14-17(31-15-23(29)30)10-11-22(21)32-13-12-18(16-6-2-1-3-7-16)19-8-4-5-9-20(19)24(26,27)28/h1-12,14H,13,15H2,(H,29,30). The molecule has 0 spiro atoms. The van der Waals surface area contributed by atoms with E-state index in [9.17, 15) is 18.0 Å². The minimum absolute atomic E-state index is 0.128. The summed E-state index contributed by atoms with van der Waals surface area (Å²) in [6, 6.07) is 19.6. The van der Waals surface area contributed by atoms with Crippen LogP contribution in [0, 0.1) is 0 Å². The van der Waals surface area contributed by atoms with Gasteiger partial charge in [-0.2, -0.15) is 13.2 Å². The zero-order valence-corrected chi connectivity index (χ0v) is 19.0. The van der Waals surface area contributed by atoms with E-state index in [1.54, 1.807) is 54.6 Å². The van der Waals surface area contributed by atoms with Gasteiger partial charge in [0.15, 0.2) is 6.61 Å². The number of rotatable bonds is 8. The van der Waals surface area contributed by atoms with Crippen molar-refractivity contribution < 1.29 is 27.8 Å². The van der Waals surface area contributed by atoms with Crippen molar-refractivity contribution in [3.8, 4) is 5.75 Å². The third-order valence-corrected chi connectivity index (χ3v) is 6.32. The number of alkyl halides is 3. The second-order valence-electron chi connectivity index (χ2n) is 6.61. The van der Waals surface area contributed by atoms with Crippen LogP contribution >= 0.6 is 27.7 Å². The second-order valence-corrected chi connectivity index (χ2v) is 8.53. The van der Waals surface area contributed by atoms with Gasteiger partial charge < -0.3 is 9.84 Å². The average molecular weight is 523 g/mol. The van der Waals surface area contributed by atoms with Crippen LogP contribution in [0.25, 0.3) is 5.57 Å². The van der Waals surface area contributed by atoms with Crippen LogP contribution in [0.3, 0.4) is 0 Å². The quantitative estimate of drug-likeness (QED) is 0.319. The number of hydrogen-bond donors (Lipinski definition) is 1. The van der Waals surface area contributed by atoms with E-state index in [0.717, 1.165) is 11.0 Å². The summed E-state index contributed by atoms with van der Waals surface area (Å²) in [6.07, 6.45) is -2.68. The van der Waals surface area contributed by atoms with Crippen LogP contribution in [-0.2, 0) is 11.0 Å². The molecule has 0 saturated heterocycles. The van der Waals surface area contributed by atoms with Gasteiger partial charge in [-0.25, -0.2) is 4.79 Å². The van der Waals surface area contributed by atoms with E-state index < -0.39 is 24.3 Å². The van der Waals surface area contributed by atoms with Crippen molar-refractivity contribution in [1.29, 1.82) is 0 Å². The Morgan fingerprint density at radius 1 is 1.03 bits per heavy atom. The average Bonchev–Trinajstić information content (AvgIpc) is 2.76. The minimum atomic E-state index is -4.47. The zero-order chi connectivity index (χ0) is 23.1. The van der Waals surface area contributed by atoms with Gasteiger partial charge in [0.25, 0.3) is 0 Å². The van der Waals surface area contributed by atoms with Crippen LogP contribution < -0.4 is 4.74 Å². The van der Waals surface area contributed by atoms with E-state index in [-0.39, 0.29) is 5.56 Å². The van der Waals surface area contributed by atoms with E-state index in [1.807, 2.05) is 6.07 Å². The molecule has 32 heavy (non-hydrogen) atoms. The highest BCUT2D eigenvalue weighted by molar-refractivity contribution is 9.10. The first-order chi connectivity index (χ1) is 15.3. The van der Waals surface area contributed by atoms with Crippen LogP contribution in [0.15, 0.2) is 88.2 Å². The number of hydrogen-bond acceptors (Lipinski definition) is 3. The Hall–Kier alpha value is -2.71. The molecule has 0 radical (unpaired) electrons. The van der Waals surface area contributed by atoms with Crippen molar-refractivity contribution in [2.75, 3.05) is 12.4 Å². The van der Waals surface area contributed by atoms with Gasteiger partial charge in [-0.05, 0) is 56.9 Å². The lowest BCUT2D eigenvalue weighted by Gasteiger charge is -2.16. The molecule has 0 bridgehead atoms. The molecule has 0 heterocycles. The van der Waals surface area contributed by atoms with Crippen molar-refractivity contribution in [3.05, 3.63) is 100 Å². The lowest BCUT2D eigenvalue weighted by Crippen LogP contribution is -2.09. The number of carbonyl (C=O) groups is 1. The summed E-state index contributed by atoms with van der Waals surface area (Å²) in [5.41, 5.74) is 0.648.